The van der Waals surface area contributed by atoms with Crippen LogP contribution in [-0.4, -0.2) is 55.1 Å². The zero-order valence-corrected chi connectivity index (χ0v) is 21.2. The maximum atomic E-state index is 5.54. The fourth-order valence-electron chi connectivity index (χ4n) is 3.07. The highest BCUT2D eigenvalue weighted by Crippen LogP contribution is 2.39. The highest BCUT2D eigenvalue weighted by molar-refractivity contribution is 14.0. The molecule has 0 saturated carbocycles. The molecule has 0 unspecified atom stereocenters. The van der Waals surface area contributed by atoms with Gasteiger partial charge in [0.25, 0.3) is 0 Å². The Morgan fingerprint density at radius 1 is 0.774 bits per heavy atom. The Morgan fingerprint density at radius 2 is 1.45 bits per heavy atom. The highest BCUT2D eigenvalue weighted by Gasteiger charge is 2.15. The van der Waals surface area contributed by atoms with Crippen molar-refractivity contribution in [2.75, 3.05) is 49.1 Å². The van der Waals surface area contributed by atoms with Crippen molar-refractivity contribution in [2.45, 2.75) is 13.0 Å². The minimum atomic E-state index is 0. The molecule has 8 nitrogen and oxygen atoms in total. The minimum Gasteiger partial charge on any atom is -0.497 e. The molecule has 0 atom stereocenters. The van der Waals surface area contributed by atoms with Crippen molar-refractivity contribution in [3.63, 3.8) is 0 Å². The van der Waals surface area contributed by atoms with E-state index in [4.69, 9.17) is 23.7 Å². The van der Waals surface area contributed by atoms with Gasteiger partial charge in [-0.25, -0.2) is 0 Å². The van der Waals surface area contributed by atoms with Gasteiger partial charge in [0.15, 0.2) is 17.5 Å². The van der Waals surface area contributed by atoms with Crippen LogP contribution in [-0.2, 0) is 13.0 Å². The number of guanidine groups is 1. The number of hydrogen-bond acceptors (Lipinski definition) is 6. The predicted octanol–water partition coefficient (Wildman–Crippen LogP) is 3.26. The van der Waals surface area contributed by atoms with Crippen LogP contribution in [0.25, 0.3) is 0 Å². The summed E-state index contributed by atoms with van der Waals surface area (Å²) >= 11 is 0. The lowest BCUT2D eigenvalue weighted by atomic mass is 10.1. The third-order valence-electron chi connectivity index (χ3n) is 4.64. The third kappa shape index (κ3) is 6.98. The van der Waals surface area contributed by atoms with Gasteiger partial charge >= 0.3 is 0 Å². The van der Waals surface area contributed by atoms with Crippen molar-refractivity contribution in [3.8, 4) is 28.7 Å². The molecule has 31 heavy (non-hydrogen) atoms. The zero-order chi connectivity index (χ0) is 21.9. The lowest BCUT2D eigenvalue weighted by Crippen LogP contribution is -2.38. The second kappa shape index (κ2) is 13.7. The van der Waals surface area contributed by atoms with Crippen LogP contribution in [0.2, 0.25) is 0 Å². The lowest BCUT2D eigenvalue weighted by Gasteiger charge is -2.17. The number of benzene rings is 2. The van der Waals surface area contributed by atoms with E-state index in [9.17, 15) is 0 Å². The van der Waals surface area contributed by atoms with Crippen LogP contribution in [0.3, 0.4) is 0 Å². The first-order valence-corrected chi connectivity index (χ1v) is 9.55. The average molecular weight is 545 g/mol. The summed E-state index contributed by atoms with van der Waals surface area (Å²) in [6, 6.07) is 9.57. The molecule has 2 N–H and O–H groups in total. The van der Waals surface area contributed by atoms with E-state index in [0.29, 0.717) is 36.3 Å². The van der Waals surface area contributed by atoms with Crippen molar-refractivity contribution in [1.29, 1.82) is 0 Å². The van der Waals surface area contributed by atoms with Crippen molar-refractivity contribution in [1.82, 2.24) is 10.6 Å². The Morgan fingerprint density at radius 3 is 2.03 bits per heavy atom. The Kier molecular flexibility index (Phi) is 11.7. The average Bonchev–Trinajstić information content (AvgIpc) is 2.80. The second-order valence-corrected chi connectivity index (χ2v) is 6.27. The van der Waals surface area contributed by atoms with E-state index >= 15 is 0 Å². The molecule has 0 aliphatic heterocycles. The largest absolute Gasteiger partial charge is 0.497 e. The standard InChI is InChI=1S/C22H31N3O5.HI/c1-23-22(25-14-16-7-9-17(26-2)13-19(16)28-4)24-12-11-15-8-10-18(27-3)21(30-6)20(15)29-5;/h7-10,13H,11-12,14H2,1-6H3,(H2,23,24,25);1H. The number of nitrogens with one attached hydrogen (secondary N) is 2. The van der Waals surface area contributed by atoms with Gasteiger partial charge in [0.1, 0.15) is 11.5 Å². The summed E-state index contributed by atoms with van der Waals surface area (Å²) in [4.78, 5) is 4.28. The Labute approximate surface area is 201 Å². The first kappa shape index (κ1) is 26.5. The van der Waals surface area contributed by atoms with Gasteiger partial charge in [0, 0.05) is 37.3 Å². The maximum Gasteiger partial charge on any atom is 0.203 e. The molecule has 0 heterocycles. The van der Waals surface area contributed by atoms with Gasteiger partial charge in [-0.1, -0.05) is 6.07 Å². The fraction of sp³-hybridized carbons (Fsp3) is 0.409. The number of aliphatic imine (C=N–C) groups is 1. The number of halogens is 1. The van der Waals surface area contributed by atoms with Gasteiger partial charge in [-0.05, 0) is 24.6 Å². The van der Waals surface area contributed by atoms with Gasteiger partial charge in [-0.3, -0.25) is 4.99 Å². The van der Waals surface area contributed by atoms with Crippen molar-refractivity contribution < 1.29 is 23.7 Å². The number of ether oxygens (including phenoxy) is 5. The quantitative estimate of drug-likeness (QED) is 0.270. The second-order valence-electron chi connectivity index (χ2n) is 6.27. The Balaban J connectivity index is 0.00000480. The molecule has 2 rings (SSSR count). The number of hydrogen-bond donors (Lipinski definition) is 2. The normalized spacial score (nSPS) is 10.6. The van der Waals surface area contributed by atoms with Crippen LogP contribution in [0, 0.1) is 0 Å². The predicted molar refractivity (Wildman–Crippen MR) is 133 cm³/mol. The van der Waals surface area contributed by atoms with Gasteiger partial charge in [0.2, 0.25) is 5.75 Å². The third-order valence-corrected chi connectivity index (χ3v) is 4.64. The van der Waals surface area contributed by atoms with Gasteiger partial charge in [-0.2, -0.15) is 0 Å². The number of methoxy groups -OCH3 is 5. The molecule has 0 fully saturated rings. The highest BCUT2D eigenvalue weighted by atomic mass is 127. The molecule has 0 bridgehead atoms. The molecule has 0 amide bonds. The SMILES string of the molecule is CN=C(NCCc1ccc(OC)c(OC)c1OC)NCc1ccc(OC)cc1OC.I. The van der Waals surface area contributed by atoms with Crippen LogP contribution in [0.1, 0.15) is 11.1 Å². The van der Waals surface area contributed by atoms with Crippen molar-refractivity contribution in [3.05, 3.63) is 41.5 Å². The molecule has 9 heteroatoms. The Bertz CT molecular complexity index is 861. The Hall–Kier alpha value is -2.56. The molecule has 0 radical (unpaired) electrons. The maximum absolute atomic E-state index is 5.54. The van der Waals surface area contributed by atoms with E-state index in [2.05, 4.69) is 15.6 Å². The minimum absolute atomic E-state index is 0. The van der Waals surface area contributed by atoms with E-state index in [1.54, 1.807) is 42.6 Å². The summed E-state index contributed by atoms with van der Waals surface area (Å²) in [5.74, 6) is 4.09. The molecule has 0 spiro atoms. The summed E-state index contributed by atoms with van der Waals surface area (Å²) in [6.45, 7) is 1.22. The summed E-state index contributed by atoms with van der Waals surface area (Å²) in [5, 5.41) is 6.61. The summed E-state index contributed by atoms with van der Waals surface area (Å²) in [6.07, 6.45) is 0.718. The summed E-state index contributed by atoms with van der Waals surface area (Å²) < 4.78 is 27.0. The van der Waals surface area contributed by atoms with Gasteiger partial charge < -0.3 is 34.3 Å². The smallest absolute Gasteiger partial charge is 0.203 e. The molecule has 0 aliphatic rings. The van der Waals surface area contributed by atoms with Crippen LogP contribution < -0.4 is 34.3 Å². The van der Waals surface area contributed by atoms with Crippen molar-refractivity contribution >= 4 is 29.9 Å². The molecule has 172 valence electrons. The molecule has 2 aromatic carbocycles. The van der Waals surface area contributed by atoms with E-state index in [-0.39, 0.29) is 24.0 Å². The van der Waals surface area contributed by atoms with Crippen LogP contribution in [0.4, 0.5) is 0 Å². The molecule has 0 saturated heterocycles. The van der Waals surface area contributed by atoms with E-state index in [1.807, 2.05) is 30.3 Å². The number of nitrogens with zero attached hydrogens (tertiary/aromatic N) is 1. The summed E-state index contributed by atoms with van der Waals surface area (Å²) in [7, 11) is 9.83. The van der Waals surface area contributed by atoms with E-state index in [0.717, 1.165) is 29.0 Å². The lowest BCUT2D eigenvalue weighted by molar-refractivity contribution is 0.322. The van der Waals surface area contributed by atoms with E-state index in [1.165, 1.54) is 0 Å². The monoisotopic (exact) mass is 545 g/mol. The summed E-state index contributed by atoms with van der Waals surface area (Å²) in [5.41, 5.74) is 2.01. The van der Waals surface area contributed by atoms with Crippen molar-refractivity contribution in [2.24, 2.45) is 4.99 Å². The van der Waals surface area contributed by atoms with E-state index < -0.39 is 0 Å². The van der Waals surface area contributed by atoms with Crippen LogP contribution in [0.5, 0.6) is 28.7 Å². The molecular weight excluding hydrogens is 513 g/mol. The molecular formula is C22H32IN3O5. The first-order valence-electron chi connectivity index (χ1n) is 9.55. The first-order chi connectivity index (χ1) is 14.6. The fourth-order valence-corrected chi connectivity index (χ4v) is 3.07. The molecule has 2 aromatic rings. The molecule has 0 aliphatic carbocycles. The topological polar surface area (TPSA) is 82.6 Å². The van der Waals surface area contributed by atoms with Gasteiger partial charge in [-0.15, -0.1) is 24.0 Å². The van der Waals surface area contributed by atoms with Crippen LogP contribution in [0.15, 0.2) is 35.3 Å². The van der Waals surface area contributed by atoms with Crippen LogP contribution >= 0.6 is 24.0 Å². The zero-order valence-electron chi connectivity index (χ0n) is 18.9. The molecule has 0 aromatic heterocycles. The van der Waals surface area contributed by atoms with Gasteiger partial charge in [0.05, 0.1) is 35.5 Å². The number of rotatable bonds is 10.